The minimum absolute atomic E-state index is 0.00483. The zero-order valence-electron chi connectivity index (χ0n) is 19.8. The fraction of sp³-hybridized carbons (Fsp3) is 0.478. The summed E-state index contributed by atoms with van der Waals surface area (Å²) in [6.07, 6.45) is 3.94. The Labute approximate surface area is 204 Å². The Bertz CT molecular complexity index is 1470. The van der Waals surface area contributed by atoms with E-state index >= 15 is 0 Å². The van der Waals surface area contributed by atoms with Crippen molar-refractivity contribution in [2.45, 2.75) is 56.9 Å². The summed E-state index contributed by atoms with van der Waals surface area (Å²) in [5.41, 5.74) is 0.455. The van der Waals surface area contributed by atoms with Crippen molar-refractivity contribution < 1.29 is 4.79 Å². The number of thioether (sulfide) groups is 1. The van der Waals surface area contributed by atoms with Crippen molar-refractivity contribution in [1.82, 2.24) is 19.1 Å². The third kappa shape index (κ3) is 4.28. The van der Waals surface area contributed by atoms with Gasteiger partial charge in [0.25, 0.3) is 5.56 Å². The second-order valence-electron chi connectivity index (χ2n) is 9.37. The maximum Gasteiger partial charge on any atom is 0.332 e. The molecule has 178 valence electrons. The molecule has 4 rings (SSSR count). The summed E-state index contributed by atoms with van der Waals surface area (Å²) in [5.74, 6) is 0.185. The van der Waals surface area contributed by atoms with Crippen LogP contribution in [0.25, 0.3) is 11.0 Å². The lowest BCUT2D eigenvalue weighted by atomic mass is 9.96. The first-order valence-corrected chi connectivity index (χ1v) is 12.8. The van der Waals surface area contributed by atoms with Crippen molar-refractivity contribution in [2.75, 3.05) is 11.1 Å². The summed E-state index contributed by atoms with van der Waals surface area (Å²) in [6.45, 7) is 5.82. The van der Waals surface area contributed by atoms with Gasteiger partial charge >= 0.3 is 5.69 Å². The van der Waals surface area contributed by atoms with Crippen LogP contribution >= 0.6 is 23.1 Å². The van der Waals surface area contributed by atoms with Gasteiger partial charge in [0.1, 0.15) is 27.3 Å². The highest BCUT2D eigenvalue weighted by molar-refractivity contribution is 8.00. The molecule has 0 bridgehead atoms. The molecule has 1 N–H and O–H groups in total. The normalized spacial score (nSPS) is 13.5. The lowest BCUT2D eigenvalue weighted by Gasteiger charge is -2.19. The van der Waals surface area contributed by atoms with Gasteiger partial charge in [0.15, 0.2) is 5.65 Å². The Kier molecular flexibility index (Phi) is 6.40. The number of carbonyl (C=O) groups excluding carboxylic acids is 1. The van der Waals surface area contributed by atoms with Crippen LogP contribution in [0.1, 0.15) is 55.4 Å². The summed E-state index contributed by atoms with van der Waals surface area (Å²) in [5, 5.41) is 13.7. The summed E-state index contributed by atoms with van der Waals surface area (Å²) in [6, 6.07) is 2.25. The number of carbonyl (C=O) groups is 1. The number of hydrogen-bond acceptors (Lipinski definition) is 8. The van der Waals surface area contributed by atoms with Crippen LogP contribution in [0.5, 0.6) is 0 Å². The molecule has 1 amide bonds. The number of aryl methyl sites for hydroxylation is 2. The first-order chi connectivity index (χ1) is 16.0. The molecule has 0 unspecified atom stereocenters. The van der Waals surface area contributed by atoms with E-state index in [1.54, 1.807) is 7.05 Å². The minimum Gasteiger partial charge on any atom is -0.316 e. The molecular formula is C23H26N6O3S2. The molecular weight excluding hydrogens is 472 g/mol. The fourth-order valence-electron chi connectivity index (χ4n) is 3.94. The Hall–Kier alpha value is -2.97. The lowest BCUT2D eigenvalue weighted by Crippen LogP contribution is -2.38. The van der Waals surface area contributed by atoms with E-state index in [1.165, 1.54) is 27.8 Å². The van der Waals surface area contributed by atoms with E-state index in [-0.39, 0.29) is 22.7 Å². The Morgan fingerprint density at radius 2 is 1.88 bits per heavy atom. The van der Waals surface area contributed by atoms with Gasteiger partial charge in [-0.05, 0) is 31.2 Å². The van der Waals surface area contributed by atoms with E-state index in [1.807, 2.05) is 20.8 Å². The average Bonchev–Trinajstić information content (AvgIpc) is 3.15. The molecule has 0 atom stereocenters. The van der Waals surface area contributed by atoms with Crippen LogP contribution in [0, 0.1) is 11.3 Å². The maximum atomic E-state index is 12.9. The Morgan fingerprint density at radius 3 is 2.56 bits per heavy atom. The summed E-state index contributed by atoms with van der Waals surface area (Å²) < 4.78 is 2.34. The summed E-state index contributed by atoms with van der Waals surface area (Å²) >= 11 is 2.60. The molecule has 0 saturated heterocycles. The van der Waals surface area contributed by atoms with Crippen LogP contribution in [0.3, 0.4) is 0 Å². The van der Waals surface area contributed by atoms with Crippen molar-refractivity contribution in [3.8, 4) is 6.07 Å². The number of rotatable bonds is 4. The van der Waals surface area contributed by atoms with Gasteiger partial charge in [0, 0.05) is 24.4 Å². The number of nitrogens with one attached hydrogen (secondary N) is 1. The van der Waals surface area contributed by atoms with Crippen molar-refractivity contribution in [3.63, 3.8) is 0 Å². The van der Waals surface area contributed by atoms with Gasteiger partial charge in [-0.2, -0.15) is 5.26 Å². The largest absolute Gasteiger partial charge is 0.332 e. The number of fused-ring (bicyclic) bond motifs is 2. The van der Waals surface area contributed by atoms with Crippen LogP contribution in [0.15, 0.2) is 14.6 Å². The van der Waals surface area contributed by atoms with E-state index in [9.17, 15) is 19.6 Å². The van der Waals surface area contributed by atoms with E-state index in [2.05, 4.69) is 21.4 Å². The predicted molar refractivity (Wildman–Crippen MR) is 134 cm³/mol. The van der Waals surface area contributed by atoms with E-state index in [4.69, 9.17) is 0 Å². The smallest absolute Gasteiger partial charge is 0.316 e. The molecule has 11 heteroatoms. The second-order valence-corrected chi connectivity index (χ2v) is 11.4. The fourth-order valence-corrected chi connectivity index (χ4v) is 6.01. The molecule has 0 radical (unpaired) electrons. The molecule has 3 heterocycles. The zero-order chi connectivity index (χ0) is 24.8. The Balaban J connectivity index is 1.68. The third-order valence-electron chi connectivity index (χ3n) is 5.81. The van der Waals surface area contributed by atoms with Gasteiger partial charge < -0.3 is 5.32 Å². The quantitative estimate of drug-likeness (QED) is 0.433. The molecule has 0 aliphatic heterocycles. The molecule has 0 aromatic carbocycles. The standard InChI is InChI=1S/C23H26N6O3S2/c1-23(2,3)21-26-17-16(20(31)29(5)22(32)28(17)4)19(27-21)33-11-15(30)25-18-13(10-24)12-8-6-7-9-14(12)34-18/h6-9,11H2,1-5H3,(H,25,30). The van der Waals surface area contributed by atoms with Gasteiger partial charge in [-0.3, -0.25) is 18.7 Å². The van der Waals surface area contributed by atoms with Crippen molar-refractivity contribution >= 4 is 45.0 Å². The number of aromatic nitrogens is 4. The number of nitrogens with zero attached hydrogens (tertiary/aromatic N) is 5. The molecule has 0 saturated carbocycles. The monoisotopic (exact) mass is 498 g/mol. The zero-order valence-corrected chi connectivity index (χ0v) is 21.4. The number of nitriles is 1. The summed E-state index contributed by atoms with van der Waals surface area (Å²) in [4.78, 5) is 48.5. The molecule has 1 aliphatic rings. The van der Waals surface area contributed by atoms with E-state index < -0.39 is 16.7 Å². The number of thiophene rings is 1. The van der Waals surface area contributed by atoms with Gasteiger partial charge in [-0.1, -0.05) is 32.5 Å². The van der Waals surface area contributed by atoms with Crippen LogP contribution in [-0.2, 0) is 37.1 Å². The molecule has 34 heavy (non-hydrogen) atoms. The van der Waals surface area contributed by atoms with Crippen molar-refractivity contribution in [2.24, 2.45) is 14.1 Å². The highest BCUT2D eigenvalue weighted by atomic mass is 32.2. The van der Waals surface area contributed by atoms with E-state index in [0.717, 1.165) is 47.6 Å². The topological polar surface area (TPSA) is 123 Å². The summed E-state index contributed by atoms with van der Waals surface area (Å²) in [7, 11) is 2.97. The molecule has 3 aromatic heterocycles. The van der Waals surface area contributed by atoms with Gasteiger partial charge in [-0.15, -0.1) is 11.3 Å². The average molecular weight is 499 g/mol. The molecule has 0 fully saturated rings. The van der Waals surface area contributed by atoms with E-state index in [0.29, 0.717) is 21.4 Å². The first kappa shape index (κ1) is 24.2. The third-order valence-corrected chi connectivity index (χ3v) is 8.00. The second kappa shape index (κ2) is 9.00. The van der Waals surface area contributed by atoms with Gasteiger partial charge in [-0.25, -0.2) is 14.8 Å². The van der Waals surface area contributed by atoms with Gasteiger partial charge in [0.2, 0.25) is 5.91 Å². The highest BCUT2D eigenvalue weighted by Crippen LogP contribution is 2.37. The van der Waals surface area contributed by atoms with Gasteiger partial charge in [0.05, 0.1) is 11.3 Å². The predicted octanol–water partition coefficient (Wildman–Crippen LogP) is 2.87. The van der Waals surface area contributed by atoms with Crippen LogP contribution in [0.4, 0.5) is 5.00 Å². The minimum atomic E-state index is -0.501. The molecule has 3 aromatic rings. The first-order valence-electron chi connectivity index (χ1n) is 11.0. The van der Waals surface area contributed by atoms with Crippen molar-refractivity contribution in [3.05, 3.63) is 42.7 Å². The van der Waals surface area contributed by atoms with Crippen molar-refractivity contribution in [1.29, 1.82) is 5.26 Å². The maximum absolute atomic E-state index is 12.9. The SMILES string of the molecule is Cn1c(=O)c2c(SCC(=O)Nc3sc4c(c3C#N)CCCC4)nc(C(C)(C)C)nc2n(C)c1=O. The number of anilines is 1. The van der Waals surface area contributed by atoms with Crippen LogP contribution < -0.4 is 16.6 Å². The highest BCUT2D eigenvalue weighted by Gasteiger charge is 2.25. The molecule has 1 aliphatic carbocycles. The number of hydrogen-bond donors (Lipinski definition) is 1. The Morgan fingerprint density at radius 1 is 1.18 bits per heavy atom. The molecule has 0 spiro atoms. The lowest BCUT2D eigenvalue weighted by molar-refractivity contribution is -0.113. The van der Waals surface area contributed by atoms with Crippen LogP contribution in [0.2, 0.25) is 0 Å². The molecule has 9 nitrogen and oxygen atoms in total. The van der Waals surface area contributed by atoms with Crippen LogP contribution in [-0.4, -0.2) is 30.8 Å². The number of amides is 1.